The van der Waals surface area contributed by atoms with Crippen LogP contribution in [0.5, 0.6) is 0 Å². The molecule has 24 heavy (non-hydrogen) atoms. The van der Waals surface area contributed by atoms with Crippen molar-refractivity contribution in [3.63, 3.8) is 0 Å². The highest BCUT2D eigenvalue weighted by Crippen LogP contribution is 2.40. The van der Waals surface area contributed by atoms with Crippen molar-refractivity contribution >= 4 is 11.9 Å². The van der Waals surface area contributed by atoms with Crippen LogP contribution in [0, 0.1) is 0 Å². The van der Waals surface area contributed by atoms with E-state index in [0.29, 0.717) is 17.0 Å². The lowest BCUT2D eigenvalue weighted by Crippen LogP contribution is -2.36. The zero-order valence-electron chi connectivity index (χ0n) is 12.7. The Morgan fingerprint density at radius 1 is 1.08 bits per heavy atom. The molecule has 0 aromatic heterocycles. The number of hydrogen-bond donors (Lipinski definition) is 0. The van der Waals surface area contributed by atoms with Gasteiger partial charge in [0.1, 0.15) is 0 Å². The SMILES string of the molecule is COC(=O)C(=O)N(C)C(C)c1ccc(C(F)(F)F)cc1C(F)(F)F. The predicted octanol–water partition coefficient (Wildman–Crippen LogP) is 3.42. The van der Waals surface area contributed by atoms with E-state index in [1.54, 1.807) is 0 Å². The molecule has 10 heteroatoms. The second-order valence-electron chi connectivity index (χ2n) is 4.88. The van der Waals surface area contributed by atoms with Crippen LogP contribution in [-0.4, -0.2) is 30.9 Å². The maximum absolute atomic E-state index is 13.1. The van der Waals surface area contributed by atoms with Crippen LogP contribution in [0.4, 0.5) is 26.3 Å². The summed E-state index contributed by atoms with van der Waals surface area (Å²) in [5.74, 6) is -2.53. The molecule has 1 aromatic rings. The summed E-state index contributed by atoms with van der Waals surface area (Å²) in [4.78, 5) is 23.5. The molecule has 1 aromatic carbocycles. The third-order valence-corrected chi connectivity index (χ3v) is 3.40. The molecule has 1 rings (SSSR count). The van der Waals surface area contributed by atoms with E-state index in [-0.39, 0.29) is 6.07 Å². The van der Waals surface area contributed by atoms with Crippen molar-refractivity contribution in [3.8, 4) is 0 Å². The Balaban J connectivity index is 3.37. The standard InChI is InChI=1S/C14H13F6NO3/c1-7(21(2)11(22)12(23)24-3)9-5-4-8(13(15,16)17)6-10(9)14(18,19)20/h4-7H,1-3H3. The molecule has 134 valence electrons. The predicted molar refractivity (Wildman–Crippen MR) is 69.6 cm³/mol. The minimum Gasteiger partial charge on any atom is -0.462 e. The second kappa shape index (κ2) is 6.70. The molecule has 0 aliphatic carbocycles. The van der Waals surface area contributed by atoms with Gasteiger partial charge in [-0.2, -0.15) is 26.3 Å². The van der Waals surface area contributed by atoms with Crippen molar-refractivity contribution in [3.05, 3.63) is 34.9 Å². The van der Waals surface area contributed by atoms with Crippen molar-refractivity contribution < 1.29 is 40.7 Å². The van der Waals surface area contributed by atoms with Crippen molar-refractivity contribution in [1.82, 2.24) is 4.90 Å². The van der Waals surface area contributed by atoms with E-state index in [4.69, 9.17) is 0 Å². The van der Waals surface area contributed by atoms with Gasteiger partial charge in [-0.1, -0.05) is 6.07 Å². The van der Waals surface area contributed by atoms with Gasteiger partial charge in [-0.3, -0.25) is 4.79 Å². The fourth-order valence-electron chi connectivity index (χ4n) is 1.96. The van der Waals surface area contributed by atoms with Gasteiger partial charge in [-0.25, -0.2) is 4.79 Å². The van der Waals surface area contributed by atoms with Crippen LogP contribution in [0.2, 0.25) is 0 Å². The largest absolute Gasteiger partial charge is 0.462 e. The number of nitrogens with zero attached hydrogens (tertiary/aromatic N) is 1. The van der Waals surface area contributed by atoms with Gasteiger partial charge in [0, 0.05) is 7.05 Å². The van der Waals surface area contributed by atoms with Crippen LogP contribution in [0.15, 0.2) is 18.2 Å². The van der Waals surface area contributed by atoms with E-state index in [0.717, 1.165) is 21.1 Å². The first-order valence-electron chi connectivity index (χ1n) is 6.44. The number of rotatable bonds is 2. The first-order chi connectivity index (χ1) is 10.8. The number of alkyl halides is 6. The van der Waals surface area contributed by atoms with E-state index in [2.05, 4.69) is 4.74 Å². The van der Waals surface area contributed by atoms with Crippen LogP contribution in [0.25, 0.3) is 0 Å². The highest BCUT2D eigenvalue weighted by atomic mass is 19.4. The van der Waals surface area contributed by atoms with Gasteiger partial charge in [0.25, 0.3) is 0 Å². The first-order valence-corrected chi connectivity index (χ1v) is 6.44. The lowest BCUT2D eigenvalue weighted by atomic mass is 9.97. The van der Waals surface area contributed by atoms with E-state index in [1.165, 1.54) is 0 Å². The number of methoxy groups -OCH3 is 1. The zero-order valence-corrected chi connectivity index (χ0v) is 12.7. The van der Waals surface area contributed by atoms with Crippen molar-refractivity contribution in [2.45, 2.75) is 25.3 Å². The summed E-state index contributed by atoms with van der Waals surface area (Å²) < 4.78 is 81.4. The Hall–Kier alpha value is -2.26. The van der Waals surface area contributed by atoms with Crippen molar-refractivity contribution in [1.29, 1.82) is 0 Å². The summed E-state index contributed by atoms with van der Waals surface area (Å²) in [6.07, 6.45) is -10.0. The highest BCUT2D eigenvalue weighted by Gasteiger charge is 2.40. The molecule has 0 fully saturated rings. The molecule has 0 heterocycles. The molecule has 0 radical (unpaired) electrons. The van der Waals surface area contributed by atoms with Crippen molar-refractivity contribution in [2.24, 2.45) is 0 Å². The van der Waals surface area contributed by atoms with Gasteiger partial charge in [0.05, 0.1) is 24.3 Å². The number of halogens is 6. The summed E-state index contributed by atoms with van der Waals surface area (Å²) in [7, 11) is 1.96. The first kappa shape index (κ1) is 19.8. The van der Waals surface area contributed by atoms with Gasteiger partial charge in [-0.15, -0.1) is 0 Å². The Kier molecular flexibility index (Phi) is 5.52. The van der Waals surface area contributed by atoms with Gasteiger partial charge in [-0.05, 0) is 24.6 Å². The van der Waals surface area contributed by atoms with Crippen LogP contribution in [-0.2, 0) is 26.7 Å². The normalized spacial score (nSPS) is 13.4. The van der Waals surface area contributed by atoms with E-state index >= 15 is 0 Å². The minimum atomic E-state index is -5.07. The molecule has 0 aliphatic rings. The lowest BCUT2D eigenvalue weighted by Gasteiger charge is -2.27. The van der Waals surface area contributed by atoms with Crippen LogP contribution in [0.1, 0.15) is 29.7 Å². The summed E-state index contributed by atoms with van der Waals surface area (Å²) in [6.45, 7) is 1.15. The Labute approximate surface area is 133 Å². The molecule has 4 nitrogen and oxygen atoms in total. The van der Waals surface area contributed by atoms with Gasteiger partial charge in [0.2, 0.25) is 0 Å². The zero-order chi connectivity index (χ0) is 18.9. The maximum atomic E-state index is 13.1. The molecular weight excluding hydrogens is 344 g/mol. The molecular formula is C14H13F6NO3. The molecule has 0 saturated heterocycles. The monoisotopic (exact) mass is 357 g/mol. The number of carbonyl (C=O) groups is 2. The number of carbonyl (C=O) groups excluding carboxylic acids is 2. The summed E-state index contributed by atoms with van der Waals surface area (Å²) in [5.41, 5.74) is -3.57. The van der Waals surface area contributed by atoms with E-state index in [9.17, 15) is 35.9 Å². The smallest absolute Gasteiger partial charge is 0.416 e. The molecule has 1 atom stereocenters. The second-order valence-corrected chi connectivity index (χ2v) is 4.88. The number of esters is 1. The number of ether oxygens (including phenoxy) is 1. The van der Waals surface area contributed by atoms with Gasteiger partial charge in [0.15, 0.2) is 0 Å². The number of likely N-dealkylation sites (N-methyl/N-ethyl adjacent to an activating group) is 1. The molecule has 0 saturated carbocycles. The number of benzene rings is 1. The molecule has 1 unspecified atom stereocenters. The summed E-state index contributed by atoms with van der Waals surface area (Å²) in [5, 5.41) is 0. The minimum absolute atomic E-state index is 0.0255. The summed E-state index contributed by atoms with van der Waals surface area (Å²) in [6, 6.07) is -0.215. The fourth-order valence-corrected chi connectivity index (χ4v) is 1.96. The lowest BCUT2D eigenvalue weighted by molar-refractivity contribution is -0.158. The van der Waals surface area contributed by atoms with Crippen LogP contribution < -0.4 is 0 Å². The average Bonchev–Trinajstić information content (AvgIpc) is 2.49. The highest BCUT2D eigenvalue weighted by molar-refractivity contribution is 6.32. The van der Waals surface area contributed by atoms with Crippen LogP contribution >= 0.6 is 0 Å². The number of amides is 1. The molecule has 1 amide bonds. The Morgan fingerprint density at radius 2 is 1.62 bits per heavy atom. The molecule has 0 aliphatic heterocycles. The topological polar surface area (TPSA) is 46.6 Å². The molecule has 0 N–H and O–H groups in total. The van der Waals surface area contributed by atoms with Gasteiger partial charge < -0.3 is 9.64 Å². The maximum Gasteiger partial charge on any atom is 0.416 e. The molecule has 0 bridgehead atoms. The quantitative estimate of drug-likeness (QED) is 0.463. The third kappa shape index (κ3) is 4.18. The van der Waals surface area contributed by atoms with Crippen LogP contribution in [0.3, 0.4) is 0 Å². The Bertz CT molecular complexity index is 638. The van der Waals surface area contributed by atoms with Gasteiger partial charge >= 0.3 is 24.2 Å². The van der Waals surface area contributed by atoms with Crippen molar-refractivity contribution in [2.75, 3.05) is 14.2 Å². The van der Waals surface area contributed by atoms with E-state index < -0.39 is 47.0 Å². The third-order valence-electron chi connectivity index (χ3n) is 3.40. The fraction of sp³-hybridized carbons (Fsp3) is 0.429. The van der Waals surface area contributed by atoms with E-state index in [1.807, 2.05) is 0 Å². The molecule has 0 spiro atoms. The Morgan fingerprint density at radius 3 is 2.04 bits per heavy atom. The average molecular weight is 357 g/mol. The summed E-state index contributed by atoms with van der Waals surface area (Å²) >= 11 is 0. The number of hydrogen-bond acceptors (Lipinski definition) is 3.